The number of carbonyl (C=O) groups is 1. The molecular formula is C19H19ClN4O2S. The maximum absolute atomic E-state index is 12.3. The number of ether oxygens (including phenoxy) is 1. The summed E-state index contributed by atoms with van der Waals surface area (Å²) in [4.78, 5) is 12.3. The second-order valence-corrected chi connectivity index (χ2v) is 6.68. The molecule has 0 unspecified atom stereocenters. The Hall–Kier alpha value is -2.64. The third kappa shape index (κ3) is 4.96. The highest BCUT2D eigenvalue weighted by atomic mass is 35.5. The van der Waals surface area contributed by atoms with Crippen molar-refractivity contribution in [3.63, 3.8) is 0 Å². The topological polar surface area (TPSA) is 71.9 Å². The summed E-state index contributed by atoms with van der Waals surface area (Å²) in [5.74, 6) is 1.81. The van der Waals surface area contributed by atoms with Crippen molar-refractivity contribution in [2.45, 2.75) is 26.3 Å². The van der Waals surface area contributed by atoms with Crippen LogP contribution in [0.15, 0.2) is 48.5 Å². The number of benzene rings is 2. The number of amides is 1. The number of rotatable bonds is 7. The first-order valence-electron chi connectivity index (χ1n) is 8.53. The molecule has 0 spiro atoms. The zero-order valence-electron chi connectivity index (χ0n) is 14.7. The average molecular weight is 403 g/mol. The minimum Gasteiger partial charge on any atom is -0.456 e. The summed E-state index contributed by atoms with van der Waals surface area (Å²) in [6.45, 7) is 2.16. The number of aromatic nitrogens is 3. The number of halogens is 1. The number of nitrogens with zero attached hydrogens (tertiary/aromatic N) is 2. The molecule has 0 saturated heterocycles. The summed E-state index contributed by atoms with van der Waals surface area (Å²) in [5, 5.41) is 10.3. The zero-order valence-corrected chi connectivity index (χ0v) is 16.3. The van der Waals surface area contributed by atoms with E-state index >= 15 is 0 Å². The molecular weight excluding hydrogens is 384 g/mol. The lowest BCUT2D eigenvalue weighted by atomic mass is 10.3. The molecule has 6 nitrogen and oxygen atoms in total. The van der Waals surface area contributed by atoms with Crippen LogP contribution in [0.1, 0.15) is 19.2 Å². The maximum atomic E-state index is 12.3. The predicted octanol–water partition coefficient (Wildman–Crippen LogP) is 4.98. The van der Waals surface area contributed by atoms with Crippen molar-refractivity contribution in [1.29, 1.82) is 0 Å². The van der Waals surface area contributed by atoms with Crippen molar-refractivity contribution in [3.05, 3.63) is 64.1 Å². The van der Waals surface area contributed by atoms with Crippen LogP contribution in [0.5, 0.6) is 11.5 Å². The van der Waals surface area contributed by atoms with Crippen LogP contribution in [0.2, 0.25) is 5.02 Å². The molecule has 1 aromatic heterocycles. The molecule has 1 amide bonds. The van der Waals surface area contributed by atoms with Gasteiger partial charge in [0.05, 0.1) is 5.02 Å². The Bertz CT molecular complexity index is 982. The van der Waals surface area contributed by atoms with Gasteiger partial charge in [0.2, 0.25) is 5.91 Å². The normalized spacial score (nSPS) is 10.6. The van der Waals surface area contributed by atoms with E-state index in [1.165, 1.54) is 0 Å². The van der Waals surface area contributed by atoms with Gasteiger partial charge in [-0.25, -0.2) is 0 Å². The highest BCUT2D eigenvalue weighted by Crippen LogP contribution is 2.29. The molecule has 2 aromatic carbocycles. The molecule has 0 aliphatic heterocycles. The molecule has 0 aliphatic carbocycles. The number of hydrogen-bond donors (Lipinski definition) is 2. The van der Waals surface area contributed by atoms with Crippen LogP contribution >= 0.6 is 23.8 Å². The first kappa shape index (κ1) is 19.1. The predicted molar refractivity (Wildman–Crippen MR) is 108 cm³/mol. The van der Waals surface area contributed by atoms with E-state index < -0.39 is 0 Å². The lowest BCUT2D eigenvalue weighted by Gasteiger charge is -2.10. The van der Waals surface area contributed by atoms with Crippen LogP contribution in [0, 0.1) is 4.77 Å². The number of aromatic amines is 1. The number of H-pyrrole nitrogens is 1. The number of para-hydroxylation sites is 1. The van der Waals surface area contributed by atoms with Crippen LogP contribution in [0.25, 0.3) is 0 Å². The Balaban J connectivity index is 1.63. The van der Waals surface area contributed by atoms with Gasteiger partial charge in [-0.2, -0.15) is 5.10 Å². The minimum absolute atomic E-state index is 0.114. The summed E-state index contributed by atoms with van der Waals surface area (Å²) in [5.41, 5.74) is 0.665. The van der Waals surface area contributed by atoms with E-state index in [2.05, 4.69) is 15.5 Å². The number of hydrogen-bond acceptors (Lipinski definition) is 4. The lowest BCUT2D eigenvalue weighted by Crippen LogP contribution is -2.20. The first-order chi connectivity index (χ1) is 13.1. The maximum Gasteiger partial charge on any atom is 0.244 e. The molecule has 0 fully saturated rings. The van der Waals surface area contributed by atoms with Gasteiger partial charge in [-0.05, 0) is 55.0 Å². The van der Waals surface area contributed by atoms with Gasteiger partial charge in [-0.1, -0.05) is 30.7 Å². The lowest BCUT2D eigenvalue weighted by molar-refractivity contribution is -0.116. The second kappa shape index (κ2) is 8.83. The Kier molecular flexibility index (Phi) is 6.26. The monoisotopic (exact) mass is 402 g/mol. The number of nitrogens with one attached hydrogen (secondary N) is 2. The third-order valence-corrected chi connectivity index (χ3v) is 4.44. The van der Waals surface area contributed by atoms with E-state index in [1.54, 1.807) is 41.0 Å². The number of carbonyl (C=O) groups excluding carboxylic acids is 1. The molecule has 0 radical (unpaired) electrons. The van der Waals surface area contributed by atoms with Gasteiger partial charge in [0.15, 0.2) is 4.77 Å². The quantitative estimate of drug-likeness (QED) is 0.547. The van der Waals surface area contributed by atoms with E-state index in [1.807, 2.05) is 19.1 Å². The number of anilines is 1. The zero-order chi connectivity index (χ0) is 19.2. The summed E-state index contributed by atoms with van der Waals surface area (Å²) < 4.78 is 7.89. The SMILES string of the molecule is CCCc1n[nH]c(=S)n1CC(=O)Nc1ccc(Oc2ccccc2Cl)cc1. The molecule has 0 bridgehead atoms. The van der Waals surface area contributed by atoms with Gasteiger partial charge in [0.1, 0.15) is 23.9 Å². The smallest absolute Gasteiger partial charge is 0.244 e. The van der Waals surface area contributed by atoms with Gasteiger partial charge in [-0.3, -0.25) is 14.5 Å². The van der Waals surface area contributed by atoms with E-state index in [-0.39, 0.29) is 12.5 Å². The van der Waals surface area contributed by atoms with Crippen molar-refractivity contribution in [3.8, 4) is 11.5 Å². The van der Waals surface area contributed by atoms with E-state index in [0.29, 0.717) is 27.0 Å². The van der Waals surface area contributed by atoms with Crippen LogP contribution in [0.3, 0.4) is 0 Å². The Labute approximate surface area is 167 Å². The molecule has 0 aliphatic rings. The Morgan fingerprint density at radius 1 is 1.26 bits per heavy atom. The van der Waals surface area contributed by atoms with Crippen molar-refractivity contribution < 1.29 is 9.53 Å². The fourth-order valence-electron chi connectivity index (χ4n) is 2.53. The summed E-state index contributed by atoms with van der Waals surface area (Å²) in [6.07, 6.45) is 1.68. The van der Waals surface area contributed by atoms with Gasteiger partial charge < -0.3 is 10.1 Å². The standard InChI is InChI=1S/C19H19ClN4O2S/c1-2-5-17-22-23-19(27)24(17)12-18(25)21-13-8-10-14(11-9-13)26-16-7-4-3-6-15(16)20/h3-4,6-11H,2,5,12H2,1H3,(H,21,25)(H,23,27). The number of aryl methyl sites for hydroxylation is 1. The fourth-order valence-corrected chi connectivity index (χ4v) is 2.92. The van der Waals surface area contributed by atoms with Gasteiger partial charge in [0.25, 0.3) is 0 Å². The third-order valence-electron chi connectivity index (χ3n) is 3.82. The molecule has 0 saturated carbocycles. The van der Waals surface area contributed by atoms with Gasteiger partial charge >= 0.3 is 0 Å². The largest absolute Gasteiger partial charge is 0.456 e. The molecule has 27 heavy (non-hydrogen) atoms. The Morgan fingerprint density at radius 3 is 2.70 bits per heavy atom. The molecule has 3 rings (SSSR count). The molecule has 8 heteroatoms. The molecule has 140 valence electrons. The molecule has 3 aromatic rings. The van der Waals surface area contributed by atoms with Gasteiger partial charge in [-0.15, -0.1) is 0 Å². The average Bonchev–Trinajstić information content (AvgIpc) is 2.99. The van der Waals surface area contributed by atoms with E-state index in [0.717, 1.165) is 18.7 Å². The van der Waals surface area contributed by atoms with Crippen molar-refractivity contribution in [1.82, 2.24) is 14.8 Å². The van der Waals surface area contributed by atoms with Gasteiger partial charge in [0, 0.05) is 12.1 Å². The first-order valence-corrected chi connectivity index (χ1v) is 9.32. The second-order valence-electron chi connectivity index (χ2n) is 5.89. The minimum atomic E-state index is -0.176. The van der Waals surface area contributed by atoms with Crippen molar-refractivity contribution in [2.75, 3.05) is 5.32 Å². The summed E-state index contributed by atoms with van der Waals surface area (Å²) in [6, 6.07) is 14.3. The fraction of sp³-hybridized carbons (Fsp3) is 0.211. The summed E-state index contributed by atoms with van der Waals surface area (Å²) >= 11 is 11.3. The van der Waals surface area contributed by atoms with Crippen LogP contribution in [-0.4, -0.2) is 20.7 Å². The highest BCUT2D eigenvalue weighted by Gasteiger charge is 2.10. The highest BCUT2D eigenvalue weighted by molar-refractivity contribution is 7.71. The van der Waals surface area contributed by atoms with Crippen LogP contribution in [-0.2, 0) is 17.8 Å². The van der Waals surface area contributed by atoms with E-state index in [4.69, 9.17) is 28.6 Å². The van der Waals surface area contributed by atoms with Crippen LogP contribution in [0.4, 0.5) is 5.69 Å². The van der Waals surface area contributed by atoms with Crippen molar-refractivity contribution in [2.24, 2.45) is 0 Å². The van der Waals surface area contributed by atoms with Crippen LogP contribution < -0.4 is 10.1 Å². The van der Waals surface area contributed by atoms with E-state index in [9.17, 15) is 4.79 Å². The molecule has 0 atom stereocenters. The molecule has 2 N–H and O–H groups in total. The Morgan fingerprint density at radius 2 is 2.00 bits per heavy atom. The van der Waals surface area contributed by atoms with Crippen molar-refractivity contribution >= 4 is 35.4 Å². The summed E-state index contributed by atoms with van der Waals surface area (Å²) in [7, 11) is 0. The molecule has 1 heterocycles.